The number of hydrogen-bond acceptors (Lipinski definition) is 4. The van der Waals surface area contributed by atoms with Crippen LogP contribution in [0.3, 0.4) is 0 Å². The van der Waals surface area contributed by atoms with E-state index in [2.05, 4.69) is 17.5 Å². The number of hydrazone groups is 1. The van der Waals surface area contributed by atoms with E-state index >= 15 is 0 Å². The summed E-state index contributed by atoms with van der Waals surface area (Å²) in [7, 11) is 0. The number of carbonyl (C=O) groups excluding carboxylic acids is 1. The SMILES string of the molecule is CCC/C(=N/NC(=O)COc1ccc(C#N)cc1)c1ccccc1. The van der Waals surface area contributed by atoms with E-state index in [4.69, 9.17) is 10.00 Å². The predicted molar refractivity (Wildman–Crippen MR) is 92.7 cm³/mol. The third-order valence-electron chi connectivity index (χ3n) is 3.26. The molecule has 0 aliphatic rings. The Hall–Kier alpha value is -3.13. The number of benzene rings is 2. The summed E-state index contributed by atoms with van der Waals surface area (Å²) < 4.78 is 5.37. The van der Waals surface area contributed by atoms with Crippen LogP contribution in [0.2, 0.25) is 0 Å². The summed E-state index contributed by atoms with van der Waals surface area (Å²) in [6.45, 7) is 1.93. The molecule has 0 bridgehead atoms. The zero-order valence-corrected chi connectivity index (χ0v) is 13.5. The van der Waals surface area contributed by atoms with Crippen LogP contribution in [0.1, 0.15) is 30.9 Å². The molecular formula is C19H19N3O2. The Morgan fingerprint density at radius 3 is 2.50 bits per heavy atom. The number of rotatable bonds is 7. The van der Waals surface area contributed by atoms with Gasteiger partial charge in [0.2, 0.25) is 0 Å². The molecule has 0 atom stereocenters. The van der Waals surface area contributed by atoms with Crippen molar-refractivity contribution in [1.82, 2.24) is 5.43 Å². The van der Waals surface area contributed by atoms with Gasteiger partial charge in [-0.05, 0) is 36.2 Å². The van der Waals surface area contributed by atoms with E-state index in [0.29, 0.717) is 11.3 Å². The van der Waals surface area contributed by atoms with Gasteiger partial charge in [-0.1, -0.05) is 43.7 Å². The number of nitrogens with zero attached hydrogens (tertiary/aromatic N) is 2. The van der Waals surface area contributed by atoms with Crippen molar-refractivity contribution >= 4 is 11.6 Å². The number of ether oxygens (including phenoxy) is 1. The molecule has 0 unspecified atom stereocenters. The molecule has 5 nitrogen and oxygen atoms in total. The maximum atomic E-state index is 11.9. The van der Waals surface area contributed by atoms with E-state index in [1.165, 1.54) is 0 Å². The largest absolute Gasteiger partial charge is 0.484 e. The van der Waals surface area contributed by atoms with Crippen LogP contribution in [0.4, 0.5) is 0 Å². The van der Waals surface area contributed by atoms with Crippen molar-refractivity contribution < 1.29 is 9.53 Å². The second kappa shape index (κ2) is 9.11. The summed E-state index contributed by atoms with van der Waals surface area (Å²) >= 11 is 0. The monoisotopic (exact) mass is 321 g/mol. The highest BCUT2D eigenvalue weighted by Crippen LogP contribution is 2.11. The maximum Gasteiger partial charge on any atom is 0.277 e. The molecule has 0 radical (unpaired) electrons. The zero-order chi connectivity index (χ0) is 17.2. The van der Waals surface area contributed by atoms with Gasteiger partial charge >= 0.3 is 0 Å². The van der Waals surface area contributed by atoms with E-state index in [1.807, 2.05) is 36.4 Å². The summed E-state index contributed by atoms with van der Waals surface area (Å²) in [5.74, 6) is 0.203. The van der Waals surface area contributed by atoms with E-state index < -0.39 is 0 Å². The molecular weight excluding hydrogens is 302 g/mol. The molecule has 122 valence electrons. The van der Waals surface area contributed by atoms with Crippen molar-refractivity contribution in [3.8, 4) is 11.8 Å². The molecule has 0 heterocycles. The molecule has 24 heavy (non-hydrogen) atoms. The lowest BCUT2D eigenvalue weighted by molar-refractivity contribution is -0.123. The van der Waals surface area contributed by atoms with Crippen LogP contribution in [0.5, 0.6) is 5.75 Å². The van der Waals surface area contributed by atoms with Gasteiger partial charge in [0.15, 0.2) is 6.61 Å². The van der Waals surface area contributed by atoms with Gasteiger partial charge in [-0.15, -0.1) is 0 Å². The van der Waals surface area contributed by atoms with E-state index in [9.17, 15) is 4.79 Å². The lowest BCUT2D eigenvalue weighted by atomic mass is 10.1. The number of hydrogen-bond donors (Lipinski definition) is 1. The van der Waals surface area contributed by atoms with Crippen molar-refractivity contribution in [3.63, 3.8) is 0 Å². The van der Waals surface area contributed by atoms with Gasteiger partial charge in [0.05, 0.1) is 17.3 Å². The van der Waals surface area contributed by atoms with Gasteiger partial charge in [-0.2, -0.15) is 10.4 Å². The van der Waals surface area contributed by atoms with Gasteiger partial charge in [0, 0.05) is 0 Å². The molecule has 2 aromatic carbocycles. The smallest absolute Gasteiger partial charge is 0.277 e. The number of amides is 1. The van der Waals surface area contributed by atoms with Crippen LogP contribution in [0, 0.1) is 11.3 Å². The van der Waals surface area contributed by atoms with Crippen LogP contribution < -0.4 is 10.2 Å². The summed E-state index contributed by atoms with van der Waals surface area (Å²) in [4.78, 5) is 11.9. The first-order valence-electron chi connectivity index (χ1n) is 7.76. The number of carbonyl (C=O) groups is 1. The summed E-state index contributed by atoms with van der Waals surface area (Å²) in [5.41, 5.74) is 4.91. The highest BCUT2D eigenvalue weighted by atomic mass is 16.5. The lowest BCUT2D eigenvalue weighted by Crippen LogP contribution is -2.26. The van der Waals surface area contributed by atoms with Crippen molar-refractivity contribution in [2.24, 2.45) is 5.10 Å². The normalized spacial score (nSPS) is 10.8. The van der Waals surface area contributed by atoms with Crippen molar-refractivity contribution in [1.29, 1.82) is 5.26 Å². The fraction of sp³-hybridized carbons (Fsp3) is 0.211. The summed E-state index contributed by atoms with van der Waals surface area (Å²) in [6, 6.07) is 18.4. The topological polar surface area (TPSA) is 74.5 Å². The maximum absolute atomic E-state index is 11.9. The molecule has 0 aliphatic heterocycles. The molecule has 0 aliphatic carbocycles. The molecule has 0 saturated carbocycles. The van der Waals surface area contributed by atoms with Crippen LogP contribution in [-0.4, -0.2) is 18.2 Å². The Labute approximate surface area is 141 Å². The summed E-state index contributed by atoms with van der Waals surface area (Å²) in [6.07, 6.45) is 1.71. The molecule has 1 amide bonds. The minimum Gasteiger partial charge on any atom is -0.484 e. The van der Waals surface area contributed by atoms with Gasteiger partial charge in [-0.3, -0.25) is 4.79 Å². The molecule has 2 aromatic rings. The first kappa shape index (κ1) is 17.2. The second-order valence-corrected chi connectivity index (χ2v) is 5.13. The zero-order valence-electron chi connectivity index (χ0n) is 13.5. The standard InChI is InChI=1S/C19H19N3O2/c1-2-6-18(16-7-4-3-5-8-16)21-22-19(23)14-24-17-11-9-15(13-20)10-12-17/h3-5,7-12H,2,6,14H2,1H3,(H,22,23)/b21-18-. The lowest BCUT2D eigenvalue weighted by Gasteiger charge is -2.07. The van der Waals surface area contributed by atoms with Crippen LogP contribution in [-0.2, 0) is 4.79 Å². The van der Waals surface area contributed by atoms with Crippen molar-refractivity contribution in [2.45, 2.75) is 19.8 Å². The molecule has 2 rings (SSSR count). The molecule has 0 spiro atoms. The number of nitrogens with one attached hydrogen (secondary N) is 1. The Morgan fingerprint density at radius 2 is 1.88 bits per heavy atom. The highest BCUT2D eigenvalue weighted by molar-refractivity contribution is 6.01. The van der Waals surface area contributed by atoms with Crippen LogP contribution in [0.25, 0.3) is 0 Å². The quantitative estimate of drug-likeness (QED) is 0.628. The first-order valence-corrected chi connectivity index (χ1v) is 7.76. The van der Waals surface area contributed by atoms with E-state index in [1.54, 1.807) is 24.3 Å². The Bertz CT molecular complexity index is 731. The molecule has 5 heteroatoms. The third-order valence-corrected chi connectivity index (χ3v) is 3.26. The fourth-order valence-electron chi connectivity index (χ4n) is 2.07. The molecule has 1 N–H and O–H groups in total. The van der Waals surface area contributed by atoms with Crippen molar-refractivity contribution in [2.75, 3.05) is 6.61 Å². The van der Waals surface area contributed by atoms with Gasteiger partial charge in [0.1, 0.15) is 5.75 Å². The van der Waals surface area contributed by atoms with Gasteiger partial charge in [0.25, 0.3) is 5.91 Å². The Kier molecular flexibility index (Phi) is 6.54. The molecule has 0 aromatic heterocycles. The van der Waals surface area contributed by atoms with E-state index in [0.717, 1.165) is 24.1 Å². The minimum atomic E-state index is -0.330. The Morgan fingerprint density at radius 1 is 1.17 bits per heavy atom. The van der Waals surface area contributed by atoms with Crippen LogP contribution in [0.15, 0.2) is 59.7 Å². The molecule has 0 saturated heterocycles. The van der Waals surface area contributed by atoms with Crippen LogP contribution >= 0.6 is 0 Å². The van der Waals surface area contributed by atoms with Gasteiger partial charge < -0.3 is 4.74 Å². The average molecular weight is 321 g/mol. The highest BCUT2D eigenvalue weighted by Gasteiger charge is 2.05. The minimum absolute atomic E-state index is 0.135. The van der Waals surface area contributed by atoms with Crippen molar-refractivity contribution in [3.05, 3.63) is 65.7 Å². The van der Waals surface area contributed by atoms with E-state index in [-0.39, 0.29) is 12.5 Å². The Balaban J connectivity index is 1.91. The molecule has 0 fully saturated rings. The second-order valence-electron chi connectivity index (χ2n) is 5.13. The first-order chi connectivity index (χ1) is 11.7. The number of nitriles is 1. The third kappa shape index (κ3) is 5.25. The predicted octanol–water partition coefficient (Wildman–Crippen LogP) is 3.26. The fourth-order valence-corrected chi connectivity index (χ4v) is 2.07. The average Bonchev–Trinajstić information content (AvgIpc) is 2.64. The summed E-state index contributed by atoms with van der Waals surface area (Å²) in [5, 5.41) is 13.0. The van der Waals surface area contributed by atoms with Gasteiger partial charge in [-0.25, -0.2) is 5.43 Å².